The quantitative estimate of drug-likeness (QED) is 0.379. The molecule has 2 saturated heterocycles. The first-order chi connectivity index (χ1) is 21.8. The number of hydrogen-bond donors (Lipinski definition) is 1. The fraction of sp³-hybridized carbons (Fsp3) is 0.353. The van der Waals surface area contributed by atoms with Crippen LogP contribution in [-0.4, -0.2) is 54.5 Å². The molecule has 3 amide bonds. The highest BCUT2D eigenvalue weighted by Crippen LogP contribution is 2.48. The van der Waals surface area contributed by atoms with Gasteiger partial charge >= 0.3 is 0 Å². The number of benzene rings is 3. The Morgan fingerprint density at radius 2 is 1.91 bits per heavy atom. The number of nitrogens with zero attached hydrogens (tertiary/aromatic N) is 3. The Morgan fingerprint density at radius 1 is 1.04 bits per heavy atom. The van der Waals surface area contributed by atoms with Crippen molar-refractivity contribution in [1.82, 2.24) is 10.2 Å². The number of imide groups is 1. The Balaban J connectivity index is 0.976. The van der Waals surface area contributed by atoms with Gasteiger partial charge in [0.25, 0.3) is 5.91 Å². The molecule has 3 aromatic rings. The lowest BCUT2D eigenvalue weighted by atomic mass is 10.0. The van der Waals surface area contributed by atoms with Crippen molar-refractivity contribution >= 4 is 23.4 Å². The summed E-state index contributed by atoms with van der Waals surface area (Å²) in [7, 11) is 1.61. The van der Waals surface area contributed by atoms with E-state index < -0.39 is 17.8 Å². The van der Waals surface area contributed by atoms with E-state index in [1.807, 2.05) is 6.07 Å². The Hall–Kier alpha value is -5.11. The van der Waals surface area contributed by atoms with Crippen LogP contribution in [-0.2, 0) is 22.7 Å². The maximum atomic E-state index is 15.2. The van der Waals surface area contributed by atoms with Gasteiger partial charge in [0.1, 0.15) is 41.8 Å². The second-order valence-corrected chi connectivity index (χ2v) is 11.8. The Morgan fingerprint density at radius 3 is 2.69 bits per heavy atom. The van der Waals surface area contributed by atoms with Crippen LogP contribution in [0, 0.1) is 23.1 Å². The number of fused-ring (bicyclic) bond motifs is 2. The van der Waals surface area contributed by atoms with E-state index in [1.165, 1.54) is 11.0 Å². The van der Waals surface area contributed by atoms with Crippen LogP contribution >= 0.6 is 0 Å². The maximum Gasteiger partial charge on any atom is 0.255 e. The molecule has 1 N–H and O–H groups in total. The summed E-state index contributed by atoms with van der Waals surface area (Å²) in [4.78, 5) is 40.8. The lowest BCUT2D eigenvalue weighted by Crippen LogP contribution is -2.52. The van der Waals surface area contributed by atoms with Crippen molar-refractivity contribution in [2.75, 3.05) is 18.6 Å². The van der Waals surface area contributed by atoms with Crippen molar-refractivity contribution < 1.29 is 33.0 Å². The number of hydrogen-bond acceptors (Lipinski definition) is 8. The number of anilines is 1. The van der Waals surface area contributed by atoms with Gasteiger partial charge in [-0.2, -0.15) is 5.26 Å². The summed E-state index contributed by atoms with van der Waals surface area (Å²) in [6, 6.07) is 17.1. The largest absolute Gasteiger partial charge is 0.495 e. The standard InChI is InChI=1S/C34H31FN4O6/c1-43-31-13-19(16-36)5-8-26(31)38-12-11-30(23-15-28(23)38)45-21-7-6-20(25(35)14-21)18-44-29-4-2-3-22-24(29)17-39(34(22)42)27-9-10-32(40)37-33(27)41/h2-8,13-14,23,27-28,30H,9-12,15,17-18H2,1H3,(H,37,40,41)/t23?,27-,28?,30?/m0/s1. The van der Waals surface area contributed by atoms with Gasteiger partial charge in [-0.25, -0.2) is 4.39 Å². The third kappa shape index (κ3) is 5.30. The van der Waals surface area contributed by atoms with Crippen LogP contribution in [0.15, 0.2) is 54.6 Å². The van der Waals surface area contributed by atoms with Crippen molar-refractivity contribution in [2.24, 2.45) is 5.92 Å². The normalized spacial score (nSPS) is 23.5. The molecule has 3 aromatic carbocycles. The van der Waals surface area contributed by atoms with Gasteiger partial charge < -0.3 is 24.0 Å². The molecule has 10 nitrogen and oxygen atoms in total. The average molecular weight is 611 g/mol. The zero-order valence-electron chi connectivity index (χ0n) is 24.6. The Labute approximate surface area is 259 Å². The molecule has 1 saturated carbocycles. The number of piperidine rings is 2. The first-order valence-corrected chi connectivity index (χ1v) is 15.0. The highest BCUT2D eigenvalue weighted by Gasteiger charge is 2.51. The van der Waals surface area contributed by atoms with Crippen molar-refractivity contribution in [3.8, 4) is 23.3 Å². The second kappa shape index (κ2) is 11.4. The molecule has 0 aromatic heterocycles. The molecule has 3 aliphatic heterocycles. The first kappa shape index (κ1) is 28.6. The lowest BCUT2D eigenvalue weighted by molar-refractivity contribution is -0.136. The molecule has 1 aliphatic carbocycles. The molecule has 0 bridgehead atoms. The fourth-order valence-corrected chi connectivity index (χ4v) is 6.78. The molecule has 3 heterocycles. The number of halogens is 1. The Bertz CT molecular complexity index is 1750. The lowest BCUT2D eigenvalue weighted by Gasteiger charge is -2.34. The van der Waals surface area contributed by atoms with Crippen LogP contribution < -0.4 is 24.4 Å². The van der Waals surface area contributed by atoms with Gasteiger partial charge in [0.15, 0.2) is 0 Å². The van der Waals surface area contributed by atoms with Gasteiger partial charge in [-0.3, -0.25) is 19.7 Å². The minimum Gasteiger partial charge on any atom is -0.495 e. The molecule has 45 heavy (non-hydrogen) atoms. The number of methoxy groups -OCH3 is 1. The molecule has 3 fully saturated rings. The molecule has 0 radical (unpaired) electrons. The third-order valence-corrected chi connectivity index (χ3v) is 9.19. The molecule has 7 rings (SSSR count). The van der Waals surface area contributed by atoms with Crippen LogP contribution in [0.1, 0.15) is 52.7 Å². The van der Waals surface area contributed by atoms with Gasteiger partial charge in [0.05, 0.1) is 31.0 Å². The minimum atomic E-state index is -0.725. The van der Waals surface area contributed by atoms with Crippen molar-refractivity contribution in [1.29, 1.82) is 5.26 Å². The Kier molecular flexibility index (Phi) is 7.28. The molecule has 4 atom stereocenters. The van der Waals surface area contributed by atoms with Crippen LogP contribution in [0.4, 0.5) is 10.1 Å². The minimum absolute atomic E-state index is 0.0334. The molecule has 230 valence electrons. The molecule has 4 aliphatic rings. The summed E-state index contributed by atoms with van der Waals surface area (Å²) in [5, 5.41) is 11.5. The van der Waals surface area contributed by atoms with E-state index in [2.05, 4.69) is 16.3 Å². The second-order valence-electron chi connectivity index (χ2n) is 11.8. The summed E-state index contributed by atoms with van der Waals surface area (Å²) < 4.78 is 33.0. The summed E-state index contributed by atoms with van der Waals surface area (Å²) in [6.45, 7) is 0.878. The van der Waals surface area contributed by atoms with Gasteiger partial charge in [-0.1, -0.05) is 6.07 Å². The number of rotatable bonds is 8. The number of carbonyl (C=O) groups is 3. The van der Waals surface area contributed by atoms with Crippen LogP contribution in [0.3, 0.4) is 0 Å². The number of carbonyl (C=O) groups excluding carboxylic acids is 3. The summed E-state index contributed by atoms with van der Waals surface area (Å²) >= 11 is 0. The van der Waals surface area contributed by atoms with E-state index >= 15 is 4.39 Å². The molecular weight excluding hydrogens is 579 g/mol. The van der Waals surface area contributed by atoms with Crippen molar-refractivity contribution in [3.05, 3.63) is 82.7 Å². The highest BCUT2D eigenvalue weighted by atomic mass is 19.1. The number of amides is 3. The SMILES string of the molecule is COc1cc(C#N)ccc1N1CCC(Oc2ccc(COc3cccc4c3CN([C@H]3CCC(=O)NC3=O)C4=O)c(F)c2)C2CC21. The van der Waals surface area contributed by atoms with E-state index in [4.69, 9.17) is 14.2 Å². The smallest absolute Gasteiger partial charge is 0.255 e. The molecule has 0 spiro atoms. The predicted octanol–water partition coefficient (Wildman–Crippen LogP) is 4.09. The van der Waals surface area contributed by atoms with E-state index in [1.54, 1.807) is 49.6 Å². The van der Waals surface area contributed by atoms with Crippen LogP contribution in [0.5, 0.6) is 17.2 Å². The average Bonchev–Trinajstić information content (AvgIpc) is 3.78. The van der Waals surface area contributed by atoms with Gasteiger partial charge in [0.2, 0.25) is 11.8 Å². The molecular formula is C34H31FN4O6. The zero-order valence-corrected chi connectivity index (χ0v) is 24.6. The van der Waals surface area contributed by atoms with Gasteiger partial charge in [-0.05, 0) is 49.2 Å². The van der Waals surface area contributed by atoms with Gasteiger partial charge in [-0.15, -0.1) is 0 Å². The molecule has 11 heteroatoms. The van der Waals surface area contributed by atoms with E-state index in [9.17, 15) is 19.6 Å². The summed E-state index contributed by atoms with van der Waals surface area (Å²) in [5.41, 5.74) is 2.93. The first-order valence-electron chi connectivity index (χ1n) is 15.0. The van der Waals surface area contributed by atoms with E-state index in [0.29, 0.717) is 51.5 Å². The molecule has 3 unspecified atom stereocenters. The van der Waals surface area contributed by atoms with Crippen LogP contribution in [0.2, 0.25) is 0 Å². The number of ether oxygens (including phenoxy) is 3. The zero-order chi connectivity index (χ0) is 31.2. The maximum absolute atomic E-state index is 15.2. The van der Waals surface area contributed by atoms with Crippen LogP contribution in [0.25, 0.3) is 0 Å². The number of nitrogens with one attached hydrogen (secondary N) is 1. The topological polar surface area (TPSA) is 121 Å². The summed E-state index contributed by atoms with van der Waals surface area (Å²) in [5.74, 6) is 0.332. The van der Waals surface area contributed by atoms with E-state index in [0.717, 1.165) is 25.1 Å². The fourth-order valence-electron chi connectivity index (χ4n) is 6.78. The van der Waals surface area contributed by atoms with Gasteiger partial charge in [0, 0.05) is 60.2 Å². The third-order valence-electron chi connectivity index (χ3n) is 9.19. The van der Waals surface area contributed by atoms with E-state index in [-0.39, 0.29) is 43.9 Å². The summed E-state index contributed by atoms with van der Waals surface area (Å²) in [6.07, 6.45) is 2.14. The number of nitriles is 1. The van der Waals surface area contributed by atoms with Crippen molar-refractivity contribution in [3.63, 3.8) is 0 Å². The predicted molar refractivity (Wildman–Crippen MR) is 159 cm³/mol. The highest BCUT2D eigenvalue weighted by molar-refractivity contribution is 6.05. The monoisotopic (exact) mass is 610 g/mol. The van der Waals surface area contributed by atoms with Crippen molar-refractivity contribution in [2.45, 2.75) is 57.0 Å².